The quantitative estimate of drug-likeness (QED) is 0.765. The van der Waals surface area contributed by atoms with Gasteiger partial charge in [0.25, 0.3) is 0 Å². The maximum absolute atomic E-state index is 3.80. The minimum atomic E-state index is 0.574. The van der Waals surface area contributed by atoms with Crippen LogP contribution in [0, 0.1) is 0 Å². The summed E-state index contributed by atoms with van der Waals surface area (Å²) in [6.45, 7) is 12.2. The van der Waals surface area contributed by atoms with Crippen molar-refractivity contribution in [2.75, 3.05) is 12.4 Å². The lowest BCUT2D eigenvalue weighted by Crippen LogP contribution is -1.94. The van der Waals surface area contributed by atoms with Gasteiger partial charge in [0.15, 0.2) is 0 Å². The van der Waals surface area contributed by atoms with Crippen molar-refractivity contribution in [3.63, 3.8) is 0 Å². The fraction of sp³-hybridized carbons (Fsp3) is 0.429. The SMILES string of the molecule is C=Cc1cc(C(C)C)ccc1NC.CC. The van der Waals surface area contributed by atoms with E-state index in [0.29, 0.717) is 5.92 Å². The number of rotatable bonds is 3. The topological polar surface area (TPSA) is 12.0 Å². The van der Waals surface area contributed by atoms with Crippen molar-refractivity contribution in [1.82, 2.24) is 0 Å². The highest BCUT2D eigenvalue weighted by Crippen LogP contribution is 2.22. The molecule has 1 nitrogen and oxygen atoms in total. The second kappa shape index (κ2) is 7.10. The van der Waals surface area contributed by atoms with Crippen LogP contribution >= 0.6 is 0 Å². The molecule has 1 rings (SSSR count). The summed E-state index contributed by atoms with van der Waals surface area (Å²) in [6.07, 6.45) is 1.89. The first-order chi connectivity index (χ1) is 7.19. The summed E-state index contributed by atoms with van der Waals surface area (Å²) < 4.78 is 0. The van der Waals surface area contributed by atoms with E-state index in [1.165, 1.54) is 11.1 Å². The van der Waals surface area contributed by atoms with E-state index in [1.54, 1.807) is 0 Å². The molecule has 0 amide bonds. The Morgan fingerprint density at radius 2 is 1.87 bits per heavy atom. The zero-order valence-corrected chi connectivity index (χ0v) is 10.6. The molecule has 1 heteroatoms. The number of nitrogens with one attached hydrogen (secondary N) is 1. The Labute approximate surface area is 94.2 Å². The summed E-state index contributed by atoms with van der Waals surface area (Å²) in [4.78, 5) is 0. The van der Waals surface area contributed by atoms with E-state index in [4.69, 9.17) is 0 Å². The maximum Gasteiger partial charge on any atom is 0.0411 e. The molecule has 0 fully saturated rings. The van der Waals surface area contributed by atoms with Gasteiger partial charge in [0, 0.05) is 12.7 Å². The zero-order chi connectivity index (χ0) is 11.8. The van der Waals surface area contributed by atoms with E-state index in [9.17, 15) is 0 Å². The molecular weight excluding hydrogens is 182 g/mol. The predicted molar refractivity (Wildman–Crippen MR) is 71.5 cm³/mol. The Kier molecular flexibility index (Phi) is 6.52. The van der Waals surface area contributed by atoms with Gasteiger partial charge in [-0.1, -0.05) is 46.4 Å². The van der Waals surface area contributed by atoms with Crippen LogP contribution in [0.5, 0.6) is 0 Å². The Morgan fingerprint density at radius 1 is 1.27 bits per heavy atom. The minimum Gasteiger partial charge on any atom is -0.388 e. The normalized spacial score (nSPS) is 9.20. The second-order valence-electron chi connectivity index (χ2n) is 3.46. The summed E-state index contributed by atoms with van der Waals surface area (Å²) in [7, 11) is 1.93. The molecule has 0 atom stereocenters. The van der Waals surface area contributed by atoms with Gasteiger partial charge in [-0.05, 0) is 29.2 Å². The van der Waals surface area contributed by atoms with Gasteiger partial charge >= 0.3 is 0 Å². The fourth-order valence-electron chi connectivity index (χ4n) is 1.34. The fourth-order valence-corrected chi connectivity index (χ4v) is 1.34. The van der Waals surface area contributed by atoms with Gasteiger partial charge in [-0.25, -0.2) is 0 Å². The molecular formula is C14H23N. The molecule has 0 aliphatic heterocycles. The molecule has 0 spiro atoms. The molecule has 0 aliphatic rings. The molecule has 84 valence electrons. The first-order valence-electron chi connectivity index (χ1n) is 5.63. The standard InChI is InChI=1S/C12H17N.C2H6/c1-5-10-8-11(9(2)3)6-7-12(10)13-4;1-2/h5-9,13H,1H2,2-4H3;1-2H3. The predicted octanol–water partition coefficient (Wildman–Crippen LogP) is 4.52. The molecule has 15 heavy (non-hydrogen) atoms. The average molecular weight is 205 g/mol. The van der Waals surface area contributed by atoms with E-state index < -0.39 is 0 Å². The van der Waals surface area contributed by atoms with Gasteiger partial charge in [0.1, 0.15) is 0 Å². The smallest absolute Gasteiger partial charge is 0.0411 e. The van der Waals surface area contributed by atoms with Gasteiger partial charge in [0.2, 0.25) is 0 Å². The summed E-state index contributed by atoms with van der Waals surface area (Å²) in [5, 5.41) is 3.14. The van der Waals surface area contributed by atoms with E-state index in [1.807, 2.05) is 27.0 Å². The lowest BCUT2D eigenvalue weighted by atomic mass is 10.00. The van der Waals surface area contributed by atoms with Crippen LogP contribution in [-0.4, -0.2) is 7.05 Å². The Morgan fingerprint density at radius 3 is 2.27 bits per heavy atom. The summed E-state index contributed by atoms with van der Waals surface area (Å²) in [5.74, 6) is 0.574. The molecule has 1 aromatic rings. The Hall–Kier alpha value is -1.24. The van der Waals surface area contributed by atoms with Crippen molar-refractivity contribution in [2.24, 2.45) is 0 Å². The number of benzene rings is 1. The van der Waals surface area contributed by atoms with E-state index in [2.05, 4.69) is 43.9 Å². The van der Waals surface area contributed by atoms with Gasteiger partial charge in [-0.15, -0.1) is 0 Å². The highest BCUT2D eigenvalue weighted by Gasteiger charge is 2.02. The monoisotopic (exact) mass is 205 g/mol. The molecule has 0 saturated heterocycles. The van der Waals surface area contributed by atoms with Crippen molar-refractivity contribution in [1.29, 1.82) is 0 Å². The lowest BCUT2D eigenvalue weighted by molar-refractivity contribution is 0.866. The van der Waals surface area contributed by atoms with Gasteiger partial charge < -0.3 is 5.32 Å². The van der Waals surface area contributed by atoms with Crippen LogP contribution < -0.4 is 5.32 Å². The lowest BCUT2D eigenvalue weighted by Gasteiger charge is -2.10. The van der Waals surface area contributed by atoms with Crippen molar-refractivity contribution >= 4 is 11.8 Å². The number of hydrogen-bond acceptors (Lipinski definition) is 1. The van der Waals surface area contributed by atoms with E-state index in [-0.39, 0.29) is 0 Å². The highest BCUT2D eigenvalue weighted by atomic mass is 14.8. The van der Waals surface area contributed by atoms with Crippen LogP contribution in [0.4, 0.5) is 5.69 Å². The number of anilines is 1. The van der Waals surface area contributed by atoms with Crippen LogP contribution in [0.25, 0.3) is 6.08 Å². The van der Waals surface area contributed by atoms with Crippen LogP contribution in [0.2, 0.25) is 0 Å². The Balaban J connectivity index is 0.000000921. The molecule has 1 aromatic carbocycles. The van der Waals surface area contributed by atoms with E-state index in [0.717, 1.165) is 5.69 Å². The van der Waals surface area contributed by atoms with Crippen LogP contribution in [0.15, 0.2) is 24.8 Å². The molecule has 0 bridgehead atoms. The van der Waals surface area contributed by atoms with Crippen molar-refractivity contribution in [2.45, 2.75) is 33.6 Å². The van der Waals surface area contributed by atoms with Crippen LogP contribution in [0.1, 0.15) is 44.7 Å². The van der Waals surface area contributed by atoms with Gasteiger partial charge in [-0.3, -0.25) is 0 Å². The first-order valence-corrected chi connectivity index (χ1v) is 5.63. The third-order valence-electron chi connectivity index (χ3n) is 2.23. The first kappa shape index (κ1) is 13.8. The summed E-state index contributed by atoms with van der Waals surface area (Å²) in [5.41, 5.74) is 3.67. The molecule has 0 unspecified atom stereocenters. The van der Waals surface area contributed by atoms with Crippen molar-refractivity contribution in [3.8, 4) is 0 Å². The zero-order valence-electron chi connectivity index (χ0n) is 10.6. The minimum absolute atomic E-state index is 0.574. The molecule has 0 saturated carbocycles. The van der Waals surface area contributed by atoms with Gasteiger partial charge in [-0.2, -0.15) is 0 Å². The molecule has 0 heterocycles. The largest absolute Gasteiger partial charge is 0.388 e. The maximum atomic E-state index is 3.80. The highest BCUT2D eigenvalue weighted by molar-refractivity contribution is 5.66. The summed E-state index contributed by atoms with van der Waals surface area (Å²) >= 11 is 0. The third-order valence-corrected chi connectivity index (χ3v) is 2.23. The van der Waals surface area contributed by atoms with E-state index >= 15 is 0 Å². The molecule has 0 aliphatic carbocycles. The average Bonchev–Trinajstić information content (AvgIpc) is 2.30. The van der Waals surface area contributed by atoms with Gasteiger partial charge in [0.05, 0.1) is 0 Å². The summed E-state index contributed by atoms with van der Waals surface area (Å²) in [6, 6.07) is 6.44. The molecule has 0 aromatic heterocycles. The number of hydrogen-bond donors (Lipinski definition) is 1. The van der Waals surface area contributed by atoms with Crippen molar-refractivity contribution < 1.29 is 0 Å². The molecule has 0 radical (unpaired) electrons. The second-order valence-corrected chi connectivity index (χ2v) is 3.46. The van der Waals surface area contributed by atoms with Crippen molar-refractivity contribution in [3.05, 3.63) is 35.9 Å². The Bertz CT molecular complexity index is 300. The van der Waals surface area contributed by atoms with Crippen LogP contribution in [-0.2, 0) is 0 Å². The van der Waals surface area contributed by atoms with Crippen LogP contribution in [0.3, 0.4) is 0 Å². The third kappa shape index (κ3) is 3.78. The molecule has 1 N–H and O–H groups in total.